The molecule has 0 amide bonds. The highest BCUT2D eigenvalue weighted by molar-refractivity contribution is 9.10. The third kappa shape index (κ3) is 4.63. The van der Waals surface area contributed by atoms with Crippen LogP contribution in [0.2, 0.25) is 0 Å². The van der Waals surface area contributed by atoms with Crippen molar-refractivity contribution >= 4 is 27.5 Å². The molecule has 0 spiro atoms. The van der Waals surface area contributed by atoms with Gasteiger partial charge < -0.3 is 19.6 Å². The number of nitrogens with one attached hydrogen (secondary N) is 2. The van der Waals surface area contributed by atoms with E-state index < -0.39 is 0 Å². The van der Waals surface area contributed by atoms with Gasteiger partial charge in [0.05, 0.1) is 24.5 Å². The first-order valence-corrected chi connectivity index (χ1v) is 9.45. The van der Waals surface area contributed by atoms with Gasteiger partial charge >= 0.3 is 0 Å². The lowest BCUT2D eigenvalue weighted by molar-refractivity contribution is 0.372. The van der Waals surface area contributed by atoms with Gasteiger partial charge in [0.1, 0.15) is 5.65 Å². The van der Waals surface area contributed by atoms with Gasteiger partial charge in [-0.15, -0.1) is 0 Å². The normalized spacial score (nSPS) is 12.1. The molecule has 0 radical (unpaired) electrons. The molecule has 0 aliphatic rings. The topological polar surface area (TPSA) is 79.8 Å². The largest absolute Gasteiger partial charge is 0.359 e. The number of nitrogens with zero attached hydrogens (tertiary/aromatic N) is 4. The molecule has 0 aliphatic carbocycles. The van der Waals surface area contributed by atoms with E-state index in [9.17, 15) is 0 Å². The van der Waals surface area contributed by atoms with E-state index in [1.54, 1.807) is 0 Å². The minimum atomic E-state index is 0.351. The van der Waals surface area contributed by atoms with Crippen LogP contribution in [0, 0.1) is 0 Å². The molecule has 0 saturated carbocycles. The zero-order valence-electron chi connectivity index (χ0n) is 15.2. The monoisotopic (exact) mass is 418 g/mol. The van der Waals surface area contributed by atoms with Gasteiger partial charge in [-0.05, 0) is 40.9 Å². The van der Waals surface area contributed by atoms with Crippen molar-refractivity contribution in [2.45, 2.75) is 39.8 Å². The summed E-state index contributed by atoms with van der Waals surface area (Å²) >= 11 is 3.47. The summed E-state index contributed by atoms with van der Waals surface area (Å²) in [6, 6.07) is 5.92. The number of halogens is 1. The maximum atomic E-state index is 5.35. The zero-order chi connectivity index (χ0) is 18.5. The zero-order valence-corrected chi connectivity index (χ0v) is 16.7. The Balaban J connectivity index is 1.65. The number of rotatable bonds is 6. The molecule has 0 bridgehead atoms. The van der Waals surface area contributed by atoms with E-state index in [2.05, 4.69) is 55.5 Å². The molecule has 3 aromatic rings. The summed E-state index contributed by atoms with van der Waals surface area (Å²) < 4.78 is 8.35. The third-order valence-electron chi connectivity index (χ3n) is 3.81. The van der Waals surface area contributed by atoms with Crippen LogP contribution in [0.25, 0.3) is 5.65 Å². The van der Waals surface area contributed by atoms with Gasteiger partial charge in [-0.2, -0.15) is 0 Å². The van der Waals surface area contributed by atoms with E-state index >= 15 is 0 Å². The van der Waals surface area contributed by atoms with Crippen molar-refractivity contribution in [1.82, 2.24) is 25.2 Å². The fraction of sp³-hybridized carbons (Fsp3) is 0.389. The van der Waals surface area contributed by atoms with Crippen molar-refractivity contribution < 1.29 is 4.52 Å². The van der Waals surface area contributed by atoms with Gasteiger partial charge in [-0.3, -0.25) is 0 Å². The van der Waals surface area contributed by atoms with Crippen LogP contribution in [0.1, 0.15) is 43.8 Å². The molecule has 3 aromatic heterocycles. The van der Waals surface area contributed by atoms with E-state index in [0.29, 0.717) is 25.0 Å². The molecule has 0 saturated heterocycles. The molecule has 0 aliphatic heterocycles. The number of hydrogen-bond donors (Lipinski definition) is 2. The summed E-state index contributed by atoms with van der Waals surface area (Å²) in [5, 5.41) is 10.6. The predicted molar refractivity (Wildman–Crippen MR) is 105 cm³/mol. The van der Waals surface area contributed by atoms with Gasteiger partial charge in [0.2, 0.25) is 0 Å². The van der Waals surface area contributed by atoms with E-state index in [-0.39, 0.29) is 0 Å². The lowest BCUT2D eigenvalue weighted by Gasteiger charge is -2.09. The van der Waals surface area contributed by atoms with Crippen LogP contribution in [-0.2, 0) is 13.1 Å². The van der Waals surface area contributed by atoms with E-state index in [1.807, 2.05) is 41.9 Å². The standard InChI is InChI=1S/C18H23BrN6O/c1-4-20-18(22-9-15-7-16(12(2)3)24-26-15)21-8-14-11-25-10-13(19)5-6-17(25)23-14/h5-7,10-12H,4,8-9H2,1-3H3,(H2,20,21,22). The smallest absolute Gasteiger partial charge is 0.192 e. The summed E-state index contributed by atoms with van der Waals surface area (Å²) in [5.74, 6) is 1.86. The van der Waals surface area contributed by atoms with Crippen LogP contribution in [0.15, 0.2) is 44.6 Å². The average Bonchev–Trinajstić information content (AvgIpc) is 3.23. The highest BCUT2D eigenvalue weighted by Gasteiger charge is 2.08. The van der Waals surface area contributed by atoms with Crippen LogP contribution in [0.4, 0.5) is 0 Å². The summed E-state index contributed by atoms with van der Waals surface area (Å²) in [6.07, 6.45) is 3.97. The van der Waals surface area contributed by atoms with Crippen LogP contribution in [0.5, 0.6) is 0 Å². The molecule has 0 fully saturated rings. The van der Waals surface area contributed by atoms with Crippen molar-refractivity contribution in [3.8, 4) is 0 Å². The predicted octanol–water partition coefficient (Wildman–Crippen LogP) is 3.46. The van der Waals surface area contributed by atoms with Crippen LogP contribution < -0.4 is 10.6 Å². The Kier molecular flexibility index (Phi) is 5.92. The maximum absolute atomic E-state index is 5.35. The first-order chi connectivity index (χ1) is 12.5. The Morgan fingerprint density at radius 3 is 2.88 bits per heavy atom. The minimum absolute atomic E-state index is 0.351. The second-order valence-electron chi connectivity index (χ2n) is 6.27. The molecule has 3 heterocycles. The summed E-state index contributed by atoms with van der Waals surface area (Å²) in [4.78, 5) is 9.18. The Bertz CT molecular complexity index is 898. The summed E-state index contributed by atoms with van der Waals surface area (Å²) in [7, 11) is 0. The molecule has 7 nitrogen and oxygen atoms in total. The Morgan fingerprint density at radius 1 is 1.31 bits per heavy atom. The summed E-state index contributed by atoms with van der Waals surface area (Å²) in [6.45, 7) is 8.01. The average molecular weight is 419 g/mol. The molecule has 0 unspecified atom stereocenters. The quantitative estimate of drug-likeness (QED) is 0.473. The molecule has 3 rings (SSSR count). The molecule has 0 atom stereocenters. The van der Waals surface area contributed by atoms with Crippen molar-refractivity contribution in [3.05, 3.63) is 52.2 Å². The number of fused-ring (bicyclic) bond motifs is 1. The lowest BCUT2D eigenvalue weighted by atomic mass is 10.1. The molecular formula is C18H23BrN6O. The second-order valence-corrected chi connectivity index (χ2v) is 7.18. The van der Waals surface area contributed by atoms with Crippen molar-refractivity contribution in [1.29, 1.82) is 0 Å². The number of aromatic nitrogens is 3. The van der Waals surface area contributed by atoms with Crippen molar-refractivity contribution in [2.75, 3.05) is 6.54 Å². The maximum Gasteiger partial charge on any atom is 0.192 e. The Morgan fingerprint density at radius 2 is 2.15 bits per heavy atom. The van der Waals surface area contributed by atoms with Gasteiger partial charge in [-0.1, -0.05) is 19.0 Å². The molecular weight excluding hydrogens is 396 g/mol. The van der Waals surface area contributed by atoms with Gasteiger partial charge in [0.15, 0.2) is 11.7 Å². The highest BCUT2D eigenvalue weighted by atomic mass is 79.9. The van der Waals surface area contributed by atoms with Crippen LogP contribution >= 0.6 is 15.9 Å². The first-order valence-electron chi connectivity index (χ1n) is 8.66. The number of imidazole rings is 1. The number of pyridine rings is 1. The second kappa shape index (κ2) is 8.35. The number of hydrogen-bond acceptors (Lipinski definition) is 4. The van der Waals surface area contributed by atoms with E-state index in [1.165, 1.54) is 0 Å². The molecule has 26 heavy (non-hydrogen) atoms. The number of guanidine groups is 1. The van der Waals surface area contributed by atoms with E-state index in [0.717, 1.165) is 33.8 Å². The molecule has 8 heteroatoms. The Hall–Kier alpha value is -2.35. The lowest BCUT2D eigenvalue weighted by Crippen LogP contribution is -2.36. The first kappa shape index (κ1) is 18.4. The fourth-order valence-electron chi connectivity index (χ4n) is 2.45. The molecule has 2 N–H and O–H groups in total. The van der Waals surface area contributed by atoms with Gasteiger partial charge in [-0.25, -0.2) is 9.98 Å². The number of aliphatic imine (C=N–C) groups is 1. The van der Waals surface area contributed by atoms with Crippen molar-refractivity contribution in [2.24, 2.45) is 4.99 Å². The minimum Gasteiger partial charge on any atom is -0.359 e. The highest BCUT2D eigenvalue weighted by Crippen LogP contribution is 2.14. The van der Waals surface area contributed by atoms with Crippen LogP contribution in [-0.4, -0.2) is 27.0 Å². The van der Waals surface area contributed by atoms with Gasteiger partial charge in [0, 0.05) is 29.5 Å². The van der Waals surface area contributed by atoms with Crippen molar-refractivity contribution in [3.63, 3.8) is 0 Å². The van der Waals surface area contributed by atoms with E-state index in [4.69, 9.17) is 4.52 Å². The fourth-order valence-corrected chi connectivity index (χ4v) is 2.80. The SMILES string of the molecule is CCNC(=NCc1cn2cc(Br)ccc2n1)NCc1cc(C(C)C)no1. The van der Waals surface area contributed by atoms with Crippen LogP contribution in [0.3, 0.4) is 0 Å². The third-order valence-corrected chi connectivity index (χ3v) is 4.28. The van der Waals surface area contributed by atoms with Gasteiger partial charge in [0.25, 0.3) is 0 Å². The Labute approximate surface area is 161 Å². The molecule has 0 aromatic carbocycles. The molecule has 138 valence electrons. The summed E-state index contributed by atoms with van der Waals surface area (Å²) in [5.41, 5.74) is 2.76.